The lowest BCUT2D eigenvalue weighted by atomic mass is 10.1. The number of carbonyl (C=O) groups excluding carboxylic acids is 2. The van der Waals surface area contributed by atoms with Crippen molar-refractivity contribution in [3.8, 4) is 0 Å². The molecule has 1 saturated carbocycles. The number of rotatable bonds is 5. The average molecular weight is 346 g/mol. The van der Waals surface area contributed by atoms with E-state index in [1.165, 1.54) is 11.3 Å². The predicted octanol–water partition coefficient (Wildman–Crippen LogP) is 4.11. The van der Waals surface area contributed by atoms with Crippen molar-refractivity contribution in [2.24, 2.45) is 5.92 Å². The van der Waals surface area contributed by atoms with Crippen LogP contribution in [-0.4, -0.2) is 11.8 Å². The Morgan fingerprint density at radius 2 is 1.96 bits per heavy atom. The highest BCUT2D eigenvalue weighted by molar-refractivity contribution is 7.18. The van der Waals surface area contributed by atoms with Crippen molar-refractivity contribution in [2.45, 2.75) is 46.6 Å². The van der Waals surface area contributed by atoms with Crippen LogP contribution in [0, 0.1) is 26.7 Å². The molecule has 0 aliphatic heterocycles. The van der Waals surface area contributed by atoms with Crippen LogP contribution in [0.4, 0.5) is 5.00 Å². The van der Waals surface area contributed by atoms with Gasteiger partial charge in [0.15, 0.2) is 0 Å². The van der Waals surface area contributed by atoms with Crippen molar-refractivity contribution in [3.05, 3.63) is 39.7 Å². The number of thiophene rings is 1. The summed E-state index contributed by atoms with van der Waals surface area (Å²) in [6.45, 7) is 7.61. The molecule has 2 amide bonds. The standard InChI is InChI=1S/C18H22N2O3S/c1-9-7-15(20-17(21)13-5-6-13)24-16(9)18(22)19-11(3)14-8-10(2)23-12(14)4/h7-8,11,13H,5-6H2,1-4H3,(H,19,22)(H,20,21). The molecule has 0 bridgehead atoms. The summed E-state index contributed by atoms with van der Waals surface area (Å²) in [4.78, 5) is 25.1. The Bertz CT molecular complexity index is 786. The second-order valence-corrected chi connectivity index (χ2v) is 7.50. The Kier molecular flexibility index (Phi) is 4.49. The van der Waals surface area contributed by atoms with Crippen molar-refractivity contribution in [1.82, 2.24) is 5.32 Å². The van der Waals surface area contributed by atoms with Crippen LogP contribution < -0.4 is 10.6 Å². The second-order valence-electron chi connectivity index (χ2n) is 6.45. The Morgan fingerprint density at radius 3 is 2.54 bits per heavy atom. The Labute approximate surface area is 145 Å². The zero-order valence-corrected chi connectivity index (χ0v) is 15.2. The number of carbonyl (C=O) groups is 2. The molecular formula is C18H22N2O3S. The molecule has 1 atom stereocenters. The molecule has 3 rings (SSSR count). The van der Waals surface area contributed by atoms with Gasteiger partial charge in [-0.05, 0) is 58.2 Å². The minimum atomic E-state index is -0.138. The summed E-state index contributed by atoms with van der Waals surface area (Å²) < 4.78 is 5.53. The third-order valence-electron chi connectivity index (χ3n) is 4.21. The van der Waals surface area contributed by atoms with E-state index >= 15 is 0 Å². The monoisotopic (exact) mass is 346 g/mol. The summed E-state index contributed by atoms with van der Waals surface area (Å²) in [5.74, 6) is 1.73. The molecule has 0 spiro atoms. The molecule has 2 N–H and O–H groups in total. The predicted molar refractivity (Wildman–Crippen MR) is 94.5 cm³/mol. The van der Waals surface area contributed by atoms with Crippen LogP contribution in [0.15, 0.2) is 16.5 Å². The summed E-state index contributed by atoms with van der Waals surface area (Å²) in [5.41, 5.74) is 1.85. The number of furan rings is 1. The lowest BCUT2D eigenvalue weighted by molar-refractivity contribution is -0.117. The third kappa shape index (κ3) is 3.53. The molecule has 2 heterocycles. The lowest BCUT2D eigenvalue weighted by Gasteiger charge is -2.12. The molecule has 5 nitrogen and oxygen atoms in total. The van der Waals surface area contributed by atoms with Gasteiger partial charge in [0.2, 0.25) is 5.91 Å². The van der Waals surface area contributed by atoms with Crippen LogP contribution in [0.25, 0.3) is 0 Å². The molecule has 1 aliphatic carbocycles. The zero-order valence-electron chi connectivity index (χ0n) is 14.4. The van der Waals surface area contributed by atoms with Gasteiger partial charge in [0.05, 0.1) is 15.9 Å². The van der Waals surface area contributed by atoms with Crippen LogP contribution in [-0.2, 0) is 4.79 Å². The molecule has 6 heteroatoms. The number of aryl methyl sites for hydroxylation is 3. The summed E-state index contributed by atoms with van der Waals surface area (Å²) in [7, 11) is 0. The average Bonchev–Trinajstić information content (AvgIpc) is 3.21. The van der Waals surface area contributed by atoms with Crippen LogP contribution in [0.3, 0.4) is 0 Å². The van der Waals surface area contributed by atoms with E-state index in [4.69, 9.17) is 4.42 Å². The first-order chi connectivity index (χ1) is 11.3. The number of anilines is 1. The van der Waals surface area contributed by atoms with Gasteiger partial charge in [-0.3, -0.25) is 9.59 Å². The third-order valence-corrected chi connectivity index (χ3v) is 5.36. The van der Waals surface area contributed by atoms with Gasteiger partial charge in [-0.1, -0.05) is 0 Å². The van der Waals surface area contributed by atoms with Crippen molar-refractivity contribution in [1.29, 1.82) is 0 Å². The number of nitrogens with one attached hydrogen (secondary N) is 2. The van der Waals surface area contributed by atoms with Gasteiger partial charge < -0.3 is 15.1 Å². The van der Waals surface area contributed by atoms with Gasteiger partial charge >= 0.3 is 0 Å². The first-order valence-corrected chi connectivity index (χ1v) is 8.96. The van der Waals surface area contributed by atoms with Crippen molar-refractivity contribution < 1.29 is 14.0 Å². The van der Waals surface area contributed by atoms with Gasteiger partial charge in [-0.2, -0.15) is 0 Å². The van der Waals surface area contributed by atoms with E-state index in [1.54, 1.807) is 0 Å². The van der Waals surface area contributed by atoms with E-state index < -0.39 is 0 Å². The second kappa shape index (κ2) is 6.43. The van der Waals surface area contributed by atoms with E-state index in [2.05, 4.69) is 10.6 Å². The number of hydrogen-bond acceptors (Lipinski definition) is 4. The van der Waals surface area contributed by atoms with Gasteiger partial charge in [0.1, 0.15) is 11.5 Å². The smallest absolute Gasteiger partial charge is 0.262 e. The van der Waals surface area contributed by atoms with Crippen molar-refractivity contribution in [2.75, 3.05) is 5.32 Å². The number of amides is 2. The molecule has 1 unspecified atom stereocenters. The summed E-state index contributed by atoms with van der Waals surface area (Å²) >= 11 is 1.32. The van der Waals surface area contributed by atoms with Gasteiger partial charge in [-0.15, -0.1) is 11.3 Å². The van der Waals surface area contributed by atoms with Crippen LogP contribution in [0.5, 0.6) is 0 Å². The van der Waals surface area contributed by atoms with Crippen LogP contribution in [0.2, 0.25) is 0 Å². The molecule has 24 heavy (non-hydrogen) atoms. The van der Waals surface area contributed by atoms with Crippen molar-refractivity contribution >= 4 is 28.2 Å². The molecule has 0 aromatic carbocycles. The molecule has 2 aromatic heterocycles. The molecule has 0 radical (unpaired) electrons. The number of hydrogen-bond donors (Lipinski definition) is 2. The summed E-state index contributed by atoms with van der Waals surface area (Å²) in [6.07, 6.45) is 1.93. The van der Waals surface area contributed by atoms with Gasteiger partial charge in [0, 0.05) is 11.5 Å². The molecule has 1 aliphatic rings. The molecule has 128 valence electrons. The fourth-order valence-electron chi connectivity index (χ4n) is 2.76. The minimum Gasteiger partial charge on any atom is -0.466 e. The summed E-state index contributed by atoms with van der Waals surface area (Å²) in [5, 5.41) is 6.64. The fraction of sp³-hybridized carbons (Fsp3) is 0.444. The van der Waals surface area contributed by atoms with E-state index in [0.717, 1.165) is 40.5 Å². The maximum Gasteiger partial charge on any atom is 0.262 e. The highest BCUT2D eigenvalue weighted by Gasteiger charge is 2.30. The maximum atomic E-state index is 12.6. The first-order valence-electron chi connectivity index (χ1n) is 8.14. The molecule has 0 saturated heterocycles. The van der Waals surface area contributed by atoms with Crippen molar-refractivity contribution in [3.63, 3.8) is 0 Å². The first kappa shape index (κ1) is 16.8. The largest absolute Gasteiger partial charge is 0.466 e. The molecule has 2 aromatic rings. The highest BCUT2D eigenvalue weighted by Crippen LogP contribution is 2.33. The zero-order chi connectivity index (χ0) is 17.4. The summed E-state index contributed by atoms with van der Waals surface area (Å²) in [6, 6.07) is 3.67. The van der Waals surface area contributed by atoms with E-state index in [0.29, 0.717) is 4.88 Å². The minimum absolute atomic E-state index is 0.0565. The van der Waals surface area contributed by atoms with Gasteiger partial charge in [0.25, 0.3) is 5.91 Å². The highest BCUT2D eigenvalue weighted by atomic mass is 32.1. The van der Waals surface area contributed by atoms with Crippen LogP contribution in [0.1, 0.15) is 58.1 Å². The van der Waals surface area contributed by atoms with Crippen LogP contribution >= 0.6 is 11.3 Å². The van der Waals surface area contributed by atoms with E-state index in [-0.39, 0.29) is 23.8 Å². The quantitative estimate of drug-likeness (QED) is 0.856. The Hall–Kier alpha value is -2.08. The Morgan fingerprint density at radius 1 is 1.25 bits per heavy atom. The molecule has 1 fully saturated rings. The topological polar surface area (TPSA) is 71.3 Å². The Balaban J connectivity index is 1.69. The van der Waals surface area contributed by atoms with E-state index in [9.17, 15) is 9.59 Å². The normalized spacial score (nSPS) is 15.2. The van der Waals surface area contributed by atoms with E-state index in [1.807, 2.05) is 39.8 Å². The lowest BCUT2D eigenvalue weighted by Crippen LogP contribution is -2.26. The fourth-order valence-corrected chi connectivity index (χ4v) is 3.74. The van der Waals surface area contributed by atoms with Gasteiger partial charge in [-0.25, -0.2) is 0 Å². The SMILES string of the molecule is Cc1cc(C(C)NC(=O)c2sc(NC(=O)C3CC3)cc2C)c(C)o1. The molecular weight excluding hydrogens is 324 g/mol. The maximum absolute atomic E-state index is 12.6.